The van der Waals surface area contributed by atoms with E-state index in [9.17, 15) is 4.79 Å². The molecule has 17 heavy (non-hydrogen) atoms. The number of aliphatic imine (C=N–C) groups is 1. The standard InChI is InChI=1S/C15H19NO/c1-4-12-5-6-13(11(2)3)14(9-12)15(7-8-15)16-10-17/h5-6,9,11H,4,7-8H2,1-3H3. The topological polar surface area (TPSA) is 29.4 Å². The number of isocyanates is 1. The second-order valence-electron chi connectivity index (χ2n) is 5.16. The summed E-state index contributed by atoms with van der Waals surface area (Å²) in [5.41, 5.74) is 3.64. The van der Waals surface area contributed by atoms with Crippen molar-refractivity contribution in [2.75, 3.05) is 0 Å². The van der Waals surface area contributed by atoms with Gasteiger partial charge in [-0.2, -0.15) is 4.99 Å². The fraction of sp³-hybridized carbons (Fsp3) is 0.533. The van der Waals surface area contributed by atoms with Crippen LogP contribution in [0.1, 0.15) is 56.2 Å². The molecule has 0 radical (unpaired) electrons. The molecule has 1 aromatic rings. The molecular weight excluding hydrogens is 210 g/mol. The lowest BCUT2D eigenvalue weighted by atomic mass is 9.89. The summed E-state index contributed by atoms with van der Waals surface area (Å²) < 4.78 is 0. The minimum atomic E-state index is -0.244. The molecule has 0 N–H and O–H groups in total. The van der Waals surface area contributed by atoms with Crippen LogP contribution in [-0.4, -0.2) is 6.08 Å². The first-order valence-electron chi connectivity index (χ1n) is 6.35. The monoisotopic (exact) mass is 229 g/mol. The lowest BCUT2D eigenvalue weighted by Crippen LogP contribution is -2.08. The van der Waals surface area contributed by atoms with Gasteiger partial charge in [0.1, 0.15) is 0 Å². The molecule has 0 heterocycles. The third-order valence-corrected chi connectivity index (χ3v) is 3.63. The van der Waals surface area contributed by atoms with E-state index < -0.39 is 0 Å². The highest BCUT2D eigenvalue weighted by molar-refractivity contribution is 5.46. The molecule has 0 spiro atoms. The number of nitrogens with zero attached hydrogens (tertiary/aromatic N) is 1. The quantitative estimate of drug-likeness (QED) is 0.572. The van der Waals surface area contributed by atoms with E-state index in [-0.39, 0.29) is 5.54 Å². The maximum atomic E-state index is 10.6. The molecule has 0 bridgehead atoms. The highest BCUT2D eigenvalue weighted by atomic mass is 16.1. The van der Waals surface area contributed by atoms with Gasteiger partial charge in [-0.15, -0.1) is 0 Å². The Morgan fingerprint density at radius 1 is 1.41 bits per heavy atom. The predicted molar refractivity (Wildman–Crippen MR) is 68.9 cm³/mol. The summed E-state index contributed by atoms with van der Waals surface area (Å²) in [5.74, 6) is 0.468. The summed E-state index contributed by atoms with van der Waals surface area (Å²) in [7, 11) is 0. The van der Waals surface area contributed by atoms with Crippen LogP contribution in [0.2, 0.25) is 0 Å². The number of rotatable bonds is 4. The molecule has 0 aliphatic heterocycles. The molecule has 1 aliphatic carbocycles. The molecule has 2 rings (SSSR count). The molecule has 1 aromatic carbocycles. The van der Waals surface area contributed by atoms with E-state index in [4.69, 9.17) is 0 Å². The Morgan fingerprint density at radius 2 is 2.12 bits per heavy atom. The first kappa shape index (κ1) is 12.1. The average Bonchev–Trinajstić information content (AvgIpc) is 3.09. The van der Waals surface area contributed by atoms with Gasteiger partial charge in [-0.25, -0.2) is 4.79 Å². The van der Waals surface area contributed by atoms with Crippen molar-refractivity contribution in [2.45, 2.75) is 51.5 Å². The van der Waals surface area contributed by atoms with Crippen molar-refractivity contribution in [3.63, 3.8) is 0 Å². The third kappa shape index (κ3) is 2.18. The first-order chi connectivity index (χ1) is 8.13. The Labute approximate surface area is 103 Å². The van der Waals surface area contributed by atoms with Gasteiger partial charge >= 0.3 is 0 Å². The van der Waals surface area contributed by atoms with Crippen LogP contribution in [0.5, 0.6) is 0 Å². The van der Waals surface area contributed by atoms with E-state index in [0.29, 0.717) is 5.92 Å². The van der Waals surface area contributed by atoms with Crippen LogP contribution in [0.15, 0.2) is 23.2 Å². The molecule has 0 unspecified atom stereocenters. The summed E-state index contributed by atoms with van der Waals surface area (Å²) >= 11 is 0. The molecular formula is C15H19NO. The number of carbonyl (C=O) groups excluding carboxylic acids is 1. The average molecular weight is 229 g/mol. The van der Waals surface area contributed by atoms with Crippen molar-refractivity contribution in [3.8, 4) is 0 Å². The summed E-state index contributed by atoms with van der Waals surface area (Å²) in [6, 6.07) is 6.60. The molecule has 90 valence electrons. The van der Waals surface area contributed by atoms with Crippen LogP contribution in [0.4, 0.5) is 0 Å². The first-order valence-corrected chi connectivity index (χ1v) is 6.35. The summed E-state index contributed by atoms with van der Waals surface area (Å²) in [5, 5.41) is 0. The molecule has 0 aromatic heterocycles. The Bertz CT molecular complexity index is 466. The minimum absolute atomic E-state index is 0.244. The lowest BCUT2D eigenvalue weighted by Gasteiger charge is -2.18. The molecule has 2 nitrogen and oxygen atoms in total. The van der Waals surface area contributed by atoms with Crippen LogP contribution in [0, 0.1) is 0 Å². The van der Waals surface area contributed by atoms with Crippen LogP contribution in [0.3, 0.4) is 0 Å². The Hall–Kier alpha value is -1.40. The SMILES string of the molecule is CCc1ccc(C(C)C)c(C2(N=C=O)CC2)c1. The summed E-state index contributed by atoms with van der Waals surface area (Å²) in [6.07, 6.45) is 4.73. The van der Waals surface area contributed by atoms with Crippen LogP contribution in [0.25, 0.3) is 0 Å². The third-order valence-electron chi connectivity index (χ3n) is 3.63. The van der Waals surface area contributed by atoms with E-state index >= 15 is 0 Å². The van der Waals surface area contributed by atoms with Gasteiger partial charge in [0.25, 0.3) is 0 Å². The second-order valence-corrected chi connectivity index (χ2v) is 5.16. The molecule has 1 aliphatic rings. The number of hydrogen-bond donors (Lipinski definition) is 0. The summed E-state index contributed by atoms with van der Waals surface area (Å²) in [4.78, 5) is 14.6. The molecule has 2 heteroatoms. The number of aryl methyl sites for hydroxylation is 1. The maximum Gasteiger partial charge on any atom is 0.235 e. The predicted octanol–water partition coefficient (Wildman–Crippen LogP) is 3.70. The van der Waals surface area contributed by atoms with Gasteiger partial charge in [0, 0.05) is 0 Å². The van der Waals surface area contributed by atoms with Crippen LogP contribution < -0.4 is 0 Å². The van der Waals surface area contributed by atoms with Crippen LogP contribution >= 0.6 is 0 Å². The van der Waals surface area contributed by atoms with Crippen molar-refractivity contribution >= 4 is 6.08 Å². The Morgan fingerprint density at radius 3 is 2.59 bits per heavy atom. The Balaban J connectivity index is 2.53. The zero-order valence-electron chi connectivity index (χ0n) is 10.8. The highest BCUT2D eigenvalue weighted by Crippen LogP contribution is 2.51. The normalized spacial score (nSPS) is 16.7. The van der Waals surface area contributed by atoms with E-state index in [1.807, 2.05) is 0 Å². The van der Waals surface area contributed by atoms with Crippen LogP contribution in [-0.2, 0) is 16.8 Å². The van der Waals surface area contributed by atoms with Gasteiger partial charge in [-0.1, -0.05) is 39.0 Å². The highest BCUT2D eigenvalue weighted by Gasteiger charge is 2.46. The van der Waals surface area contributed by atoms with Crippen molar-refractivity contribution in [3.05, 3.63) is 34.9 Å². The molecule has 1 fully saturated rings. The smallest absolute Gasteiger partial charge is 0.211 e. The molecule has 0 amide bonds. The largest absolute Gasteiger partial charge is 0.235 e. The van der Waals surface area contributed by atoms with Crippen molar-refractivity contribution < 1.29 is 4.79 Å². The van der Waals surface area contributed by atoms with E-state index in [1.54, 1.807) is 6.08 Å². The van der Waals surface area contributed by atoms with Crippen molar-refractivity contribution in [1.29, 1.82) is 0 Å². The van der Waals surface area contributed by atoms with E-state index in [1.165, 1.54) is 16.7 Å². The zero-order chi connectivity index (χ0) is 12.5. The molecule has 0 saturated heterocycles. The second kappa shape index (κ2) is 4.46. The molecule has 1 saturated carbocycles. The van der Waals surface area contributed by atoms with E-state index in [0.717, 1.165) is 19.3 Å². The van der Waals surface area contributed by atoms with Gasteiger partial charge in [0.2, 0.25) is 6.08 Å². The maximum absolute atomic E-state index is 10.6. The number of hydrogen-bond acceptors (Lipinski definition) is 2. The van der Waals surface area contributed by atoms with Gasteiger partial charge in [0.05, 0.1) is 5.54 Å². The fourth-order valence-corrected chi connectivity index (χ4v) is 2.38. The zero-order valence-corrected chi connectivity index (χ0v) is 10.8. The lowest BCUT2D eigenvalue weighted by molar-refractivity contribution is 0.555. The van der Waals surface area contributed by atoms with Crippen molar-refractivity contribution in [1.82, 2.24) is 0 Å². The van der Waals surface area contributed by atoms with Gasteiger partial charge in [-0.3, -0.25) is 0 Å². The van der Waals surface area contributed by atoms with E-state index in [2.05, 4.69) is 44.0 Å². The minimum Gasteiger partial charge on any atom is -0.211 e. The number of benzene rings is 1. The van der Waals surface area contributed by atoms with Gasteiger partial charge < -0.3 is 0 Å². The fourth-order valence-electron chi connectivity index (χ4n) is 2.38. The molecule has 0 atom stereocenters. The van der Waals surface area contributed by atoms with Gasteiger partial charge in [0.15, 0.2) is 0 Å². The van der Waals surface area contributed by atoms with Crippen molar-refractivity contribution in [2.24, 2.45) is 4.99 Å². The summed E-state index contributed by atoms with van der Waals surface area (Å²) in [6.45, 7) is 6.52. The van der Waals surface area contributed by atoms with Gasteiger partial charge in [-0.05, 0) is 41.9 Å². The Kier molecular flexibility index (Phi) is 3.17.